The zero-order chi connectivity index (χ0) is 17.6. The summed E-state index contributed by atoms with van der Waals surface area (Å²) in [5.41, 5.74) is 4.29. The first-order valence-corrected chi connectivity index (χ1v) is 9.10. The number of aryl methyl sites for hydroxylation is 2. The number of benzene rings is 2. The van der Waals surface area contributed by atoms with Crippen molar-refractivity contribution in [2.75, 3.05) is 11.1 Å². The molecule has 3 rings (SSSR count). The topological polar surface area (TPSA) is 68.0 Å². The molecule has 25 heavy (non-hydrogen) atoms. The molecule has 0 aliphatic carbocycles. The van der Waals surface area contributed by atoms with E-state index in [9.17, 15) is 4.79 Å². The molecule has 3 aromatic rings. The predicted molar refractivity (Wildman–Crippen MR) is 100 cm³/mol. The van der Waals surface area contributed by atoms with Gasteiger partial charge in [-0.25, -0.2) is 0 Å². The molecule has 1 amide bonds. The van der Waals surface area contributed by atoms with Crippen molar-refractivity contribution in [2.24, 2.45) is 0 Å². The number of anilines is 1. The Morgan fingerprint density at radius 2 is 1.92 bits per heavy atom. The minimum absolute atomic E-state index is 0.125. The Kier molecular flexibility index (Phi) is 5.50. The maximum absolute atomic E-state index is 12.0. The number of thioether (sulfide) groups is 1. The Morgan fingerprint density at radius 1 is 1.12 bits per heavy atom. The monoisotopic (exact) mass is 353 g/mol. The number of aromatic nitrogens is 2. The summed E-state index contributed by atoms with van der Waals surface area (Å²) < 4.78 is 5.56. The zero-order valence-corrected chi connectivity index (χ0v) is 15.0. The lowest BCUT2D eigenvalue weighted by Gasteiger charge is -2.02. The van der Waals surface area contributed by atoms with Crippen LogP contribution in [0.25, 0.3) is 11.5 Å². The number of nitrogens with one attached hydrogen (secondary N) is 1. The second-order valence-electron chi connectivity index (χ2n) is 5.76. The summed E-state index contributed by atoms with van der Waals surface area (Å²) in [6.45, 7) is 4.02. The first-order valence-electron chi connectivity index (χ1n) is 7.94. The molecule has 128 valence electrons. The molecular formula is C19H19N3O2S. The molecule has 2 aromatic carbocycles. The average molecular weight is 353 g/mol. The van der Waals surface area contributed by atoms with Crippen molar-refractivity contribution in [3.63, 3.8) is 0 Å². The highest BCUT2D eigenvalue weighted by Gasteiger charge is 2.13. The molecule has 0 fully saturated rings. The number of amides is 1. The van der Waals surface area contributed by atoms with Gasteiger partial charge in [-0.1, -0.05) is 53.1 Å². The second kappa shape index (κ2) is 7.98. The highest BCUT2D eigenvalue weighted by atomic mass is 32.2. The lowest BCUT2D eigenvalue weighted by atomic mass is 10.1. The Hall–Kier alpha value is -2.60. The highest BCUT2D eigenvalue weighted by molar-refractivity contribution is 7.99. The maximum atomic E-state index is 12.0. The number of carbonyl (C=O) groups is 1. The average Bonchev–Trinajstić information content (AvgIpc) is 3.04. The second-order valence-corrected chi connectivity index (χ2v) is 6.74. The van der Waals surface area contributed by atoms with Crippen LogP contribution < -0.4 is 5.32 Å². The van der Waals surface area contributed by atoms with E-state index in [1.54, 1.807) is 0 Å². The van der Waals surface area contributed by atoms with Gasteiger partial charge in [-0.05, 0) is 31.0 Å². The van der Waals surface area contributed by atoms with Crippen LogP contribution in [-0.4, -0.2) is 21.9 Å². The molecule has 1 heterocycles. The number of hydrogen-bond acceptors (Lipinski definition) is 5. The van der Waals surface area contributed by atoms with Gasteiger partial charge in [0.25, 0.3) is 0 Å². The van der Waals surface area contributed by atoms with Crippen LogP contribution in [0.5, 0.6) is 0 Å². The lowest BCUT2D eigenvalue weighted by Crippen LogP contribution is -2.14. The van der Waals surface area contributed by atoms with E-state index in [2.05, 4.69) is 21.6 Å². The molecule has 0 unspecified atom stereocenters. The Balaban J connectivity index is 1.55. The molecule has 0 aliphatic heterocycles. The van der Waals surface area contributed by atoms with Crippen LogP contribution in [0.3, 0.4) is 0 Å². The standard InChI is InChI=1S/C19H19N3O2S/c1-13-8-9-16(14(2)10-13)18-21-22-19(24-18)20-17(23)12-25-11-15-6-4-3-5-7-15/h3-10H,11-12H2,1-2H3,(H,20,22,23). The van der Waals surface area contributed by atoms with Crippen molar-refractivity contribution in [1.82, 2.24) is 10.2 Å². The highest BCUT2D eigenvalue weighted by Crippen LogP contribution is 2.24. The van der Waals surface area contributed by atoms with E-state index in [1.165, 1.54) is 22.9 Å². The van der Waals surface area contributed by atoms with Crippen molar-refractivity contribution in [1.29, 1.82) is 0 Å². The summed E-state index contributed by atoms with van der Waals surface area (Å²) >= 11 is 1.54. The van der Waals surface area contributed by atoms with E-state index in [4.69, 9.17) is 4.42 Å². The molecule has 0 bridgehead atoms. The number of carbonyl (C=O) groups excluding carboxylic acids is 1. The van der Waals surface area contributed by atoms with Gasteiger partial charge in [0.1, 0.15) is 0 Å². The molecular weight excluding hydrogens is 334 g/mol. The summed E-state index contributed by atoms with van der Waals surface area (Å²) in [5, 5.41) is 10.6. The molecule has 0 saturated heterocycles. The fourth-order valence-corrected chi connectivity index (χ4v) is 3.22. The van der Waals surface area contributed by atoms with Crippen LogP contribution in [0.15, 0.2) is 52.9 Å². The number of nitrogens with zero attached hydrogens (tertiary/aromatic N) is 2. The van der Waals surface area contributed by atoms with Gasteiger partial charge in [0.05, 0.1) is 5.75 Å². The minimum atomic E-state index is -0.156. The summed E-state index contributed by atoms with van der Waals surface area (Å²) in [4.78, 5) is 12.0. The van der Waals surface area contributed by atoms with Crippen LogP contribution in [0.2, 0.25) is 0 Å². The van der Waals surface area contributed by atoms with E-state index in [0.717, 1.165) is 16.9 Å². The van der Waals surface area contributed by atoms with Gasteiger partial charge in [0.2, 0.25) is 11.8 Å². The summed E-state index contributed by atoms with van der Waals surface area (Å²) in [6.07, 6.45) is 0. The summed E-state index contributed by atoms with van der Waals surface area (Å²) in [5.74, 6) is 1.36. The molecule has 1 N–H and O–H groups in total. The fraction of sp³-hybridized carbons (Fsp3) is 0.211. The molecule has 1 aromatic heterocycles. The number of rotatable bonds is 6. The van der Waals surface area contributed by atoms with Gasteiger partial charge in [-0.2, -0.15) is 0 Å². The van der Waals surface area contributed by atoms with Gasteiger partial charge < -0.3 is 4.42 Å². The first-order chi connectivity index (χ1) is 12.1. The first kappa shape index (κ1) is 17.2. The normalized spacial score (nSPS) is 10.6. The molecule has 6 heteroatoms. The SMILES string of the molecule is Cc1ccc(-c2nnc(NC(=O)CSCc3ccccc3)o2)c(C)c1. The third-order valence-electron chi connectivity index (χ3n) is 3.63. The summed E-state index contributed by atoms with van der Waals surface area (Å²) in [7, 11) is 0. The van der Waals surface area contributed by atoms with Crippen LogP contribution in [0, 0.1) is 13.8 Å². The molecule has 5 nitrogen and oxygen atoms in total. The van der Waals surface area contributed by atoms with Crippen molar-refractivity contribution >= 4 is 23.7 Å². The van der Waals surface area contributed by atoms with Crippen LogP contribution >= 0.6 is 11.8 Å². The van der Waals surface area contributed by atoms with Gasteiger partial charge in [-0.15, -0.1) is 16.9 Å². The molecule has 0 spiro atoms. The largest absolute Gasteiger partial charge is 0.403 e. The van der Waals surface area contributed by atoms with Crippen LogP contribution in [-0.2, 0) is 10.5 Å². The Morgan fingerprint density at radius 3 is 2.68 bits per heavy atom. The van der Waals surface area contributed by atoms with Crippen molar-refractivity contribution in [3.05, 3.63) is 65.2 Å². The van der Waals surface area contributed by atoms with Crippen LogP contribution in [0.1, 0.15) is 16.7 Å². The molecule has 0 radical (unpaired) electrons. The van der Waals surface area contributed by atoms with E-state index < -0.39 is 0 Å². The Labute approximate surface area is 150 Å². The number of hydrogen-bond donors (Lipinski definition) is 1. The van der Waals surface area contributed by atoms with E-state index in [-0.39, 0.29) is 11.9 Å². The van der Waals surface area contributed by atoms with Gasteiger partial charge in [0, 0.05) is 11.3 Å². The van der Waals surface area contributed by atoms with E-state index in [0.29, 0.717) is 11.6 Å². The van der Waals surface area contributed by atoms with Crippen molar-refractivity contribution < 1.29 is 9.21 Å². The predicted octanol–water partition coefficient (Wildman–Crippen LogP) is 4.23. The van der Waals surface area contributed by atoms with Gasteiger partial charge in [-0.3, -0.25) is 10.1 Å². The summed E-state index contributed by atoms with van der Waals surface area (Å²) in [6, 6.07) is 16.1. The zero-order valence-electron chi connectivity index (χ0n) is 14.2. The van der Waals surface area contributed by atoms with Crippen molar-refractivity contribution in [2.45, 2.75) is 19.6 Å². The van der Waals surface area contributed by atoms with E-state index in [1.807, 2.05) is 56.3 Å². The third kappa shape index (κ3) is 4.70. The van der Waals surface area contributed by atoms with Crippen molar-refractivity contribution in [3.8, 4) is 11.5 Å². The fourth-order valence-electron chi connectivity index (χ4n) is 2.43. The Bertz CT molecular complexity index is 862. The third-order valence-corrected chi connectivity index (χ3v) is 4.63. The lowest BCUT2D eigenvalue weighted by molar-refractivity contribution is -0.113. The molecule has 0 saturated carbocycles. The maximum Gasteiger partial charge on any atom is 0.322 e. The van der Waals surface area contributed by atoms with Gasteiger partial charge in [0.15, 0.2) is 0 Å². The quantitative estimate of drug-likeness (QED) is 0.718. The molecule has 0 atom stereocenters. The van der Waals surface area contributed by atoms with Crippen LogP contribution in [0.4, 0.5) is 6.01 Å². The smallest absolute Gasteiger partial charge is 0.322 e. The van der Waals surface area contributed by atoms with Gasteiger partial charge >= 0.3 is 6.01 Å². The molecule has 0 aliphatic rings. The van der Waals surface area contributed by atoms with E-state index >= 15 is 0 Å². The minimum Gasteiger partial charge on any atom is -0.403 e.